The first-order chi connectivity index (χ1) is 9.71. The lowest BCUT2D eigenvalue weighted by Crippen LogP contribution is -2.42. The van der Waals surface area contributed by atoms with Gasteiger partial charge in [0.25, 0.3) is 5.91 Å². The van der Waals surface area contributed by atoms with Gasteiger partial charge in [0.05, 0.1) is 14.2 Å². The zero-order valence-electron chi connectivity index (χ0n) is 12.6. The molecule has 0 aromatic heterocycles. The van der Waals surface area contributed by atoms with Gasteiger partial charge in [0.15, 0.2) is 11.5 Å². The van der Waals surface area contributed by atoms with Crippen LogP contribution in [-0.2, 0) is 6.42 Å². The summed E-state index contributed by atoms with van der Waals surface area (Å²) in [6.07, 6.45) is 4.18. The number of rotatable bonds is 6. The second-order valence-electron chi connectivity index (χ2n) is 5.12. The quantitative estimate of drug-likeness (QED) is 0.802. The van der Waals surface area contributed by atoms with Crippen LogP contribution in [0.25, 0.3) is 0 Å². The average Bonchev–Trinajstić information content (AvgIpc) is 2.41. The first-order valence-corrected chi connectivity index (χ1v) is 7.25. The van der Waals surface area contributed by atoms with E-state index in [0.717, 1.165) is 50.1 Å². The zero-order valence-corrected chi connectivity index (χ0v) is 12.6. The number of methoxy groups -OCH3 is 2. The van der Waals surface area contributed by atoms with Crippen LogP contribution >= 0.6 is 0 Å². The molecule has 0 radical (unpaired) electrons. The zero-order chi connectivity index (χ0) is 14.5. The molecular weight excluding hydrogens is 254 g/mol. The van der Waals surface area contributed by atoms with Crippen molar-refractivity contribution in [2.24, 2.45) is 0 Å². The number of carbonyl (C=O) groups is 1. The normalized spacial score (nSPS) is 13.8. The molecule has 4 heteroatoms. The minimum Gasteiger partial charge on any atom is -0.493 e. The minimum atomic E-state index is 0.0925. The van der Waals surface area contributed by atoms with Gasteiger partial charge in [-0.05, 0) is 37.0 Å². The average molecular weight is 277 g/mol. The second kappa shape index (κ2) is 6.64. The SMILES string of the molecule is CCCCc1cc(C(=O)N2CCC2)cc(OC)c1OC. The van der Waals surface area contributed by atoms with E-state index in [1.165, 1.54) is 0 Å². The molecule has 1 aromatic rings. The molecule has 0 atom stereocenters. The fourth-order valence-corrected chi connectivity index (χ4v) is 2.42. The number of hydrogen-bond acceptors (Lipinski definition) is 3. The summed E-state index contributed by atoms with van der Waals surface area (Å²) in [5.41, 5.74) is 1.76. The van der Waals surface area contributed by atoms with E-state index in [1.807, 2.05) is 11.0 Å². The van der Waals surface area contributed by atoms with Gasteiger partial charge in [-0.1, -0.05) is 13.3 Å². The molecule has 2 rings (SSSR count). The molecule has 1 fully saturated rings. The van der Waals surface area contributed by atoms with Crippen LogP contribution in [0.5, 0.6) is 11.5 Å². The number of likely N-dealkylation sites (tertiary alicyclic amines) is 1. The third kappa shape index (κ3) is 2.89. The Labute approximate surface area is 120 Å². The maximum absolute atomic E-state index is 12.4. The Morgan fingerprint density at radius 2 is 2.00 bits per heavy atom. The summed E-state index contributed by atoms with van der Waals surface area (Å²) in [5, 5.41) is 0. The van der Waals surface area contributed by atoms with Crippen LogP contribution in [-0.4, -0.2) is 38.1 Å². The van der Waals surface area contributed by atoms with Gasteiger partial charge in [0.2, 0.25) is 0 Å². The summed E-state index contributed by atoms with van der Waals surface area (Å²) < 4.78 is 10.8. The number of carbonyl (C=O) groups excluding carboxylic acids is 1. The van der Waals surface area contributed by atoms with E-state index in [1.54, 1.807) is 20.3 Å². The van der Waals surface area contributed by atoms with Crippen LogP contribution in [0.3, 0.4) is 0 Å². The predicted octanol–water partition coefficient (Wildman–Crippen LogP) is 2.89. The van der Waals surface area contributed by atoms with E-state index in [2.05, 4.69) is 6.92 Å². The van der Waals surface area contributed by atoms with Crippen molar-refractivity contribution >= 4 is 5.91 Å². The summed E-state index contributed by atoms with van der Waals surface area (Å²) >= 11 is 0. The number of nitrogens with zero attached hydrogens (tertiary/aromatic N) is 1. The van der Waals surface area contributed by atoms with Crippen LogP contribution in [0.1, 0.15) is 42.1 Å². The van der Waals surface area contributed by atoms with E-state index in [4.69, 9.17) is 9.47 Å². The van der Waals surface area contributed by atoms with E-state index in [9.17, 15) is 4.79 Å². The van der Waals surface area contributed by atoms with Crippen LogP contribution < -0.4 is 9.47 Å². The van der Waals surface area contributed by atoms with Crippen molar-refractivity contribution in [3.63, 3.8) is 0 Å². The lowest BCUT2D eigenvalue weighted by atomic mass is 10.0. The van der Waals surface area contributed by atoms with Crippen molar-refractivity contribution in [1.29, 1.82) is 0 Å². The Hall–Kier alpha value is -1.71. The van der Waals surface area contributed by atoms with Gasteiger partial charge in [-0.25, -0.2) is 0 Å². The fourth-order valence-electron chi connectivity index (χ4n) is 2.42. The Morgan fingerprint density at radius 3 is 2.50 bits per heavy atom. The molecule has 0 spiro atoms. The van der Waals surface area contributed by atoms with Crippen LogP contribution in [0.2, 0.25) is 0 Å². The number of aryl methyl sites for hydroxylation is 1. The molecule has 1 amide bonds. The first kappa shape index (κ1) is 14.7. The van der Waals surface area contributed by atoms with E-state index in [0.29, 0.717) is 11.3 Å². The number of ether oxygens (including phenoxy) is 2. The van der Waals surface area contributed by atoms with Crippen molar-refractivity contribution in [3.05, 3.63) is 23.3 Å². The third-order valence-corrected chi connectivity index (χ3v) is 3.75. The van der Waals surface area contributed by atoms with Gasteiger partial charge in [-0.15, -0.1) is 0 Å². The summed E-state index contributed by atoms with van der Waals surface area (Å²) in [5.74, 6) is 1.49. The highest BCUT2D eigenvalue weighted by atomic mass is 16.5. The van der Waals surface area contributed by atoms with E-state index < -0.39 is 0 Å². The van der Waals surface area contributed by atoms with Crippen molar-refractivity contribution in [3.8, 4) is 11.5 Å². The summed E-state index contributed by atoms with van der Waals surface area (Å²) in [7, 11) is 3.25. The maximum Gasteiger partial charge on any atom is 0.254 e. The maximum atomic E-state index is 12.4. The number of unbranched alkanes of at least 4 members (excludes halogenated alkanes) is 1. The molecule has 110 valence electrons. The summed E-state index contributed by atoms with van der Waals surface area (Å²) in [6.45, 7) is 3.87. The summed E-state index contributed by atoms with van der Waals surface area (Å²) in [6, 6.07) is 3.74. The first-order valence-electron chi connectivity index (χ1n) is 7.25. The molecule has 1 aromatic carbocycles. The highest BCUT2D eigenvalue weighted by Crippen LogP contribution is 2.34. The Balaban J connectivity index is 2.34. The molecule has 0 saturated carbocycles. The van der Waals surface area contributed by atoms with Gasteiger partial charge >= 0.3 is 0 Å². The molecule has 1 saturated heterocycles. The molecule has 20 heavy (non-hydrogen) atoms. The molecule has 0 bridgehead atoms. The molecule has 1 aliphatic rings. The standard InChI is InChI=1S/C16H23NO3/c1-4-5-7-12-10-13(16(18)17-8-6-9-17)11-14(19-2)15(12)20-3/h10-11H,4-9H2,1-3H3. The lowest BCUT2D eigenvalue weighted by molar-refractivity contribution is 0.0651. The highest BCUT2D eigenvalue weighted by molar-refractivity contribution is 5.95. The Kier molecular flexibility index (Phi) is 4.88. The van der Waals surface area contributed by atoms with Gasteiger partial charge in [0.1, 0.15) is 0 Å². The molecule has 0 N–H and O–H groups in total. The molecule has 4 nitrogen and oxygen atoms in total. The van der Waals surface area contributed by atoms with Crippen molar-refractivity contribution in [1.82, 2.24) is 4.90 Å². The fraction of sp³-hybridized carbons (Fsp3) is 0.562. The smallest absolute Gasteiger partial charge is 0.254 e. The van der Waals surface area contributed by atoms with Gasteiger partial charge in [-0.3, -0.25) is 4.79 Å². The molecular formula is C16H23NO3. The highest BCUT2D eigenvalue weighted by Gasteiger charge is 2.24. The molecule has 0 unspecified atom stereocenters. The monoisotopic (exact) mass is 277 g/mol. The van der Waals surface area contributed by atoms with Gasteiger partial charge in [-0.2, -0.15) is 0 Å². The van der Waals surface area contributed by atoms with Gasteiger partial charge < -0.3 is 14.4 Å². The lowest BCUT2D eigenvalue weighted by Gasteiger charge is -2.31. The Bertz CT molecular complexity index is 481. The number of hydrogen-bond donors (Lipinski definition) is 0. The van der Waals surface area contributed by atoms with Crippen molar-refractivity contribution in [2.45, 2.75) is 32.6 Å². The van der Waals surface area contributed by atoms with E-state index >= 15 is 0 Å². The van der Waals surface area contributed by atoms with E-state index in [-0.39, 0.29) is 5.91 Å². The summed E-state index contributed by atoms with van der Waals surface area (Å²) in [4.78, 5) is 14.2. The van der Waals surface area contributed by atoms with Crippen LogP contribution in [0, 0.1) is 0 Å². The third-order valence-electron chi connectivity index (χ3n) is 3.75. The predicted molar refractivity (Wildman–Crippen MR) is 78.7 cm³/mol. The number of amides is 1. The number of benzene rings is 1. The van der Waals surface area contributed by atoms with Crippen molar-refractivity contribution < 1.29 is 14.3 Å². The molecule has 1 aliphatic heterocycles. The molecule has 1 heterocycles. The Morgan fingerprint density at radius 1 is 1.25 bits per heavy atom. The minimum absolute atomic E-state index is 0.0925. The largest absolute Gasteiger partial charge is 0.493 e. The van der Waals surface area contributed by atoms with Crippen molar-refractivity contribution in [2.75, 3.05) is 27.3 Å². The van der Waals surface area contributed by atoms with Crippen LogP contribution in [0.4, 0.5) is 0 Å². The molecule has 0 aliphatic carbocycles. The van der Waals surface area contributed by atoms with Crippen LogP contribution in [0.15, 0.2) is 12.1 Å². The topological polar surface area (TPSA) is 38.8 Å². The second-order valence-corrected chi connectivity index (χ2v) is 5.12. The van der Waals surface area contributed by atoms with Gasteiger partial charge in [0, 0.05) is 18.7 Å².